The lowest BCUT2D eigenvalue weighted by molar-refractivity contribution is 0.569. The Bertz CT molecular complexity index is 231. The first-order valence-electron chi connectivity index (χ1n) is 3.02. The number of hydrogen-bond donors (Lipinski definition) is 2. The van der Waals surface area contributed by atoms with Crippen LogP contribution in [-0.2, 0) is 6.54 Å². The molecule has 0 aliphatic rings. The molecule has 0 radical (unpaired) electrons. The zero-order valence-electron chi connectivity index (χ0n) is 5.64. The number of hydrazine groups is 1. The summed E-state index contributed by atoms with van der Waals surface area (Å²) in [4.78, 5) is 5.94. The fourth-order valence-electron chi connectivity index (χ4n) is 0.666. The van der Waals surface area contributed by atoms with Gasteiger partial charge in [0.25, 0.3) is 0 Å². The van der Waals surface area contributed by atoms with Crippen LogP contribution >= 0.6 is 11.8 Å². The van der Waals surface area contributed by atoms with Gasteiger partial charge >= 0.3 is 0 Å². The van der Waals surface area contributed by atoms with E-state index in [9.17, 15) is 4.39 Å². The average Bonchev–Trinajstić information content (AvgIpc) is 2.03. The second-order valence-corrected chi connectivity index (χ2v) is 2.07. The van der Waals surface area contributed by atoms with Crippen molar-refractivity contribution in [3.63, 3.8) is 0 Å². The van der Waals surface area contributed by atoms with Crippen LogP contribution < -0.4 is 10.4 Å². The molecule has 0 saturated carbocycles. The van der Waals surface area contributed by atoms with E-state index in [4.69, 9.17) is 11.8 Å². The van der Waals surface area contributed by atoms with E-state index in [1.165, 1.54) is 18.3 Å². The van der Waals surface area contributed by atoms with Crippen LogP contribution in [0.4, 0.5) is 4.39 Å². The number of nitrogens with zero attached hydrogens (tertiary/aromatic N) is 1. The van der Waals surface area contributed by atoms with Gasteiger partial charge in [-0.2, -0.15) is 4.94 Å². The van der Waals surface area contributed by atoms with E-state index in [1.54, 1.807) is 0 Å². The minimum Gasteiger partial charge on any atom is -0.257 e. The molecule has 0 atom stereocenters. The zero-order chi connectivity index (χ0) is 8.10. The van der Waals surface area contributed by atoms with Gasteiger partial charge in [0.2, 0.25) is 0 Å². The van der Waals surface area contributed by atoms with Crippen molar-refractivity contribution in [3.8, 4) is 0 Å². The van der Waals surface area contributed by atoms with Gasteiger partial charge in [0.1, 0.15) is 5.82 Å². The minimum absolute atomic E-state index is 0.260. The largest absolute Gasteiger partial charge is 0.257 e. The molecule has 60 valence electrons. The summed E-state index contributed by atoms with van der Waals surface area (Å²) in [5.41, 5.74) is 2.85. The average molecular weight is 176 g/mol. The molecule has 0 amide bonds. The second kappa shape index (κ2) is 4.23. The Morgan fingerprint density at radius 3 is 3.09 bits per heavy atom. The Balaban J connectivity index is 2.62. The molecule has 1 aromatic rings. The highest BCUT2D eigenvalue weighted by molar-refractivity contribution is 6.13. The van der Waals surface area contributed by atoms with Gasteiger partial charge in [0, 0.05) is 6.20 Å². The molecule has 1 rings (SSSR count). The highest BCUT2D eigenvalue weighted by Gasteiger charge is 1.99. The van der Waals surface area contributed by atoms with Crippen LogP contribution in [-0.4, -0.2) is 4.98 Å². The number of aromatic nitrogens is 1. The molecule has 0 aliphatic carbocycles. The predicted molar refractivity (Wildman–Crippen MR) is 40.0 cm³/mol. The summed E-state index contributed by atoms with van der Waals surface area (Å²) in [6.07, 6.45) is 1.52. The molecule has 3 nitrogen and oxygen atoms in total. The molecule has 1 heterocycles. The van der Waals surface area contributed by atoms with Gasteiger partial charge in [-0.25, -0.2) is 9.82 Å². The number of pyridine rings is 1. The SMILES string of the molecule is Fc1cccnc1CNNCl. The molecule has 0 spiro atoms. The summed E-state index contributed by atoms with van der Waals surface area (Å²) >= 11 is 5.09. The van der Waals surface area contributed by atoms with E-state index >= 15 is 0 Å². The van der Waals surface area contributed by atoms with Gasteiger partial charge in [-0.05, 0) is 23.9 Å². The standard InChI is InChI=1S/C6H7ClFN3/c7-11-10-4-6-5(8)2-1-3-9-6/h1-3,10-11H,4H2. The summed E-state index contributed by atoms with van der Waals surface area (Å²) in [5, 5.41) is 0. The van der Waals surface area contributed by atoms with Crippen LogP contribution in [0.5, 0.6) is 0 Å². The van der Waals surface area contributed by atoms with Gasteiger partial charge in [0.15, 0.2) is 0 Å². The zero-order valence-corrected chi connectivity index (χ0v) is 6.40. The lowest BCUT2D eigenvalue weighted by atomic mass is 10.3. The third-order valence-corrected chi connectivity index (χ3v) is 1.29. The second-order valence-electron chi connectivity index (χ2n) is 1.88. The summed E-state index contributed by atoms with van der Waals surface area (Å²) in [5.74, 6) is -0.341. The maximum absolute atomic E-state index is 12.7. The Labute approximate surface area is 68.7 Å². The predicted octanol–water partition coefficient (Wildman–Crippen LogP) is 0.969. The Morgan fingerprint density at radius 1 is 1.64 bits per heavy atom. The molecule has 0 bridgehead atoms. The molecule has 0 aromatic carbocycles. The number of nitrogens with one attached hydrogen (secondary N) is 2. The molecule has 0 fully saturated rings. The van der Waals surface area contributed by atoms with Gasteiger partial charge in [-0.1, -0.05) is 0 Å². The van der Waals surface area contributed by atoms with Gasteiger partial charge in [0.05, 0.1) is 12.2 Å². The first-order valence-corrected chi connectivity index (χ1v) is 3.40. The van der Waals surface area contributed by atoms with E-state index < -0.39 is 0 Å². The van der Waals surface area contributed by atoms with Crippen molar-refractivity contribution in [1.29, 1.82) is 0 Å². The Kier molecular flexibility index (Phi) is 3.22. The summed E-state index contributed by atoms with van der Waals surface area (Å²) in [6, 6.07) is 2.88. The molecule has 11 heavy (non-hydrogen) atoms. The van der Waals surface area contributed by atoms with Crippen molar-refractivity contribution < 1.29 is 4.39 Å². The van der Waals surface area contributed by atoms with Crippen LogP contribution in [0.25, 0.3) is 0 Å². The number of halogens is 2. The van der Waals surface area contributed by atoms with Crippen LogP contribution in [0.15, 0.2) is 18.3 Å². The molecule has 0 unspecified atom stereocenters. The molecule has 1 aromatic heterocycles. The third kappa shape index (κ3) is 2.42. The van der Waals surface area contributed by atoms with E-state index in [1.807, 2.05) is 0 Å². The van der Waals surface area contributed by atoms with Crippen molar-refractivity contribution in [3.05, 3.63) is 29.8 Å². The maximum atomic E-state index is 12.7. The normalized spacial score (nSPS) is 10.0. The van der Waals surface area contributed by atoms with Crippen molar-refractivity contribution in [1.82, 2.24) is 15.4 Å². The first kappa shape index (κ1) is 8.39. The van der Waals surface area contributed by atoms with E-state index in [2.05, 4.69) is 15.4 Å². The monoisotopic (exact) mass is 175 g/mol. The lowest BCUT2D eigenvalue weighted by Crippen LogP contribution is -2.23. The minimum atomic E-state index is -0.341. The lowest BCUT2D eigenvalue weighted by Gasteiger charge is -2.00. The summed E-state index contributed by atoms with van der Waals surface area (Å²) < 4.78 is 12.7. The molecule has 2 N–H and O–H groups in total. The van der Waals surface area contributed by atoms with Gasteiger partial charge < -0.3 is 0 Å². The summed E-state index contributed by atoms with van der Waals surface area (Å²) in [7, 11) is 0. The third-order valence-electron chi connectivity index (χ3n) is 1.16. The smallest absolute Gasteiger partial charge is 0.146 e. The quantitative estimate of drug-likeness (QED) is 0.531. The van der Waals surface area contributed by atoms with Crippen LogP contribution in [0.3, 0.4) is 0 Å². The summed E-state index contributed by atoms with van der Waals surface area (Å²) in [6.45, 7) is 0.260. The van der Waals surface area contributed by atoms with Crippen molar-refractivity contribution >= 4 is 11.8 Å². The first-order chi connectivity index (χ1) is 5.34. The molecule has 5 heteroatoms. The van der Waals surface area contributed by atoms with Crippen molar-refractivity contribution in [2.24, 2.45) is 0 Å². The highest BCUT2D eigenvalue weighted by Crippen LogP contribution is 2.00. The van der Waals surface area contributed by atoms with Crippen LogP contribution in [0.2, 0.25) is 0 Å². The molecule has 0 saturated heterocycles. The Morgan fingerprint density at radius 2 is 2.45 bits per heavy atom. The van der Waals surface area contributed by atoms with E-state index in [0.29, 0.717) is 5.69 Å². The van der Waals surface area contributed by atoms with Crippen molar-refractivity contribution in [2.45, 2.75) is 6.54 Å². The fraction of sp³-hybridized carbons (Fsp3) is 0.167. The fourth-order valence-corrected chi connectivity index (χ4v) is 0.732. The Hall–Kier alpha value is -0.710. The van der Waals surface area contributed by atoms with E-state index in [-0.39, 0.29) is 12.4 Å². The van der Waals surface area contributed by atoms with E-state index in [0.717, 1.165) is 0 Å². The highest BCUT2D eigenvalue weighted by atomic mass is 35.5. The maximum Gasteiger partial charge on any atom is 0.146 e. The van der Waals surface area contributed by atoms with Gasteiger partial charge in [-0.3, -0.25) is 4.98 Å². The van der Waals surface area contributed by atoms with Crippen LogP contribution in [0, 0.1) is 5.82 Å². The topological polar surface area (TPSA) is 37.0 Å². The molecular formula is C6H7ClFN3. The van der Waals surface area contributed by atoms with Crippen molar-refractivity contribution in [2.75, 3.05) is 0 Å². The number of rotatable bonds is 3. The van der Waals surface area contributed by atoms with Crippen LogP contribution in [0.1, 0.15) is 5.69 Å². The van der Waals surface area contributed by atoms with Gasteiger partial charge in [-0.15, -0.1) is 0 Å². The number of hydrogen-bond acceptors (Lipinski definition) is 3. The molecule has 0 aliphatic heterocycles. The molecular weight excluding hydrogens is 169 g/mol.